The van der Waals surface area contributed by atoms with Gasteiger partial charge in [0.25, 0.3) is 0 Å². The number of carbonyl (C=O) groups is 1. The monoisotopic (exact) mass is 316 g/mol. The average Bonchev–Trinajstić information content (AvgIpc) is 3.08. The second-order valence-corrected chi connectivity index (χ2v) is 5.78. The van der Waals surface area contributed by atoms with Gasteiger partial charge < -0.3 is 9.73 Å². The summed E-state index contributed by atoms with van der Waals surface area (Å²) in [5.74, 6) is 0.698. The number of furan rings is 1. The van der Waals surface area contributed by atoms with Gasteiger partial charge in [-0.25, -0.2) is 0 Å². The molecule has 2 rings (SSSR count). The molecule has 0 aliphatic heterocycles. The summed E-state index contributed by atoms with van der Waals surface area (Å²) in [4.78, 5) is 14.1. The van der Waals surface area contributed by atoms with Crippen LogP contribution in [0.1, 0.15) is 28.8 Å². The highest BCUT2D eigenvalue weighted by molar-refractivity contribution is 5.92. The zero-order valence-electron chi connectivity index (χ0n) is 14.3. The highest BCUT2D eigenvalue weighted by Gasteiger charge is 2.17. The molecule has 6 nitrogen and oxygen atoms in total. The number of aromatic nitrogens is 2. The molecule has 0 saturated carbocycles. The van der Waals surface area contributed by atoms with Crippen LogP contribution in [-0.4, -0.2) is 41.2 Å². The lowest BCUT2D eigenvalue weighted by Gasteiger charge is -2.22. The summed E-state index contributed by atoms with van der Waals surface area (Å²) in [6.45, 7) is 4.40. The van der Waals surface area contributed by atoms with Crippen molar-refractivity contribution in [3.8, 4) is 0 Å². The molecule has 0 fully saturated rings. The molecule has 0 radical (unpaired) electrons. The summed E-state index contributed by atoms with van der Waals surface area (Å²) in [6, 6.07) is 3.76. The van der Waals surface area contributed by atoms with Gasteiger partial charge in [-0.05, 0) is 46.2 Å². The molecule has 6 heteroatoms. The summed E-state index contributed by atoms with van der Waals surface area (Å²) in [5.41, 5.74) is 2.93. The van der Waals surface area contributed by atoms with Gasteiger partial charge in [0, 0.05) is 30.9 Å². The first kappa shape index (κ1) is 17.0. The second kappa shape index (κ2) is 7.28. The number of hydrogen-bond donors (Lipinski definition) is 1. The molecule has 2 aromatic rings. The topological polar surface area (TPSA) is 63.3 Å². The van der Waals surface area contributed by atoms with Gasteiger partial charge in [0.1, 0.15) is 5.76 Å². The third-order valence-corrected chi connectivity index (χ3v) is 3.93. The minimum Gasteiger partial charge on any atom is -0.468 e. The molecule has 124 valence electrons. The minimum absolute atomic E-state index is 0.00390. The number of aryl methyl sites for hydroxylation is 2. The van der Waals surface area contributed by atoms with Gasteiger partial charge >= 0.3 is 0 Å². The van der Waals surface area contributed by atoms with Crippen LogP contribution in [0.25, 0.3) is 6.08 Å². The number of nitrogens with one attached hydrogen (secondary N) is 1. The number of likely N-dealkylation sites (N-methyl/N-ethyl adjacent to an activating group) is 1. The van der Waals surface area contributed by atoms with Crippen LogP contribution in [-0.2, 0) is 11.8 Å². The number of nitrogens with zero attached hydrogens (tertiary/aromatic N) is 3. The fourth-order valence-electron chi connectivity index (χ4n) is 2.46. The van der Waals surface area contributed by atoms with E-state index < -0.39 is 0 Å². The Morgan fingerprint density at radius 3 is 2.74 bits per heavy atom. The molecule has 23 heavy (non-hydrogen) atoms. The maximum absolute atomic E-state index is 12.1. The fraction of sp³-hybridized carbons (Fsp3) is 0.412. The van der Waals surface area contributed by atoms with Crippen molar-refractivity contribution in [1.29, 1.82) is 0 Å². The van der Waals surface area contributed by atoms with Crippen LogP contribution in [0, 0.1) is 13.8 Å². The molecule has 2 aromatic heterocycles. The molecule has 2 heterocycles. The number of amides is 1. The first-order valence-electron chi connectivity index (χ1n) is 7.56. The zero-order chi connectivity index (χ0) is 17.0. The van der Waals surface area contributed by atoms with Crippen molar-refractivity contribution in [1.82, 2.24) is 20.0 Å². The summed E-state index contributed by atoms with van der Waals surface area (Å²) < 4.78 is 7.24. The summed E-state index contributed by atoms with van der Waals surface area (Å²) in [6.07, 6.45) is 5.00. The lowest BCUT2D eigenvalue weighted by atomic mass is 10.2. The number of rotatable bonds is 6. The van der Waals surface area contributed by atoms with Crippen LogP contribution in [0.4, 0.5) is 0 Å². The van der Waals surface area contributed by atoms with Crippen molar-refractivity contribution in [2.24, 2.45) is 7.05 Å². The molecular weight excluding hydrogens is 292 g/mol. The van der Waals surface area contributed by atoms with Gasteiger partial charge in [-0.1, -0.05) is 0 Å². The van der Waals surface area contributed by atoms with E-state index in [4.69, 9.17) is 4.42 Å². The molecular formula is C17H24N4O2. The quantitative estimate of drug-likeness (QED) is 0.829. The highest BCUT2D eigenvalue weighted by Crippen LogP contribution is 2.17. The average molecular weight is 316 g/mol. The Hall–Kier alpha value is -2.34. The Morgan fingerprint density at radius 2 is 2.22 bits per heavy atom. The third kappa shape index (κ3) is 4.10. The third-order valence-electron chi connectivity index (χ3n) is 3.93. The molecule has 0 aromatic carbocycles. The van der Waals surface area contributed by atoms with E-state index in [1.807, 2.05) is 62.8 Å². The molecule has 1 unspecified atom stereocenters. The van der Waals surface area contributed by atoms with Gasteiger partial charge in [-0.3, -0.25) is 14.4 Å². The molecule has 0 aliphatic rings. The smallest absolute Gasteiger partial charge is 0.244 e. The van der Waals surface area contributed by atoms with E-state index >= 15 is 0 Å². The molecule has 0 bridgehead atoms. The largest absolute Gasteiger partial charge is 0.468 e. The van der Waals surface area contributed by atoms with Gasteiger partial charge in [0.15, 0.2) is 0 Å². The Kier molecular flexibility index (Phi) is 5.39. The van der Waals surface area contributed by atoms with Gasteiger partial charge in [-0.2, -0.15) is 5.10 Å². The highest BCUT2D eigenvalue weighted by atomic mass is 16.3. The maximum Gasteiger partial charge on any atom is 0.244 e. The molecule has 0 spiro atoms. The van der Waals surface area contributed by atoms with Gasteiger partial charge in [-0.15, -0.1) is 0 Å². The van der Waals surface area contributed by atoms with Crippen LogP contribution in [0.15, 0.2) is 28.9 Å². The summed E-state index contributed by atoms with van der Waals surface area (Å²) in [5, 5.41) is 7.25. The van der Waals surface area contributed by atoms with E-state index in [0.29, 0.717) is 6.54 Å². The summed E-state index contributed by atoms with van der Waals surface area (Å²) in [7, 11) is 5.81. The van der Waals surface area contributed by atoms with E-state index in [-0.39, 0.29) is 11.9 Å². The van der Waals surface area contributed by atoms with Crippen molar-refractivity contribution in [2.75, 3.05) is 20.6 Å². The van der Waals surface area contributed by atoms with E-state index in [1.165, 1.54) is 0 Å². The predicted octanol–water partition coefficient (Wildman–Crippen LogP) is 2.06. The normalized spacial score (nSPS) is 13.0. The van der Waals surface area contributed by atoms with Gasteiger partial charge in [0.05, 0.1) is 18.0 Å². The van der Waals surface area contributed by atoms with E-state index in [1.54, 1.807) is 12.3 Å². The SMILES string of the molecule is Cc1nn(C)c(C)c1C=CC(=O)NCC(c1ccco1)N(C)C. The van der Waals surface area contributed by atoms with Crippen molar-refractivity contribution >= 4 is 12.0 Å². The van der Waals surface area contributed by atoms with Gasteiger partial charge in [0.2, 0.25) is 5.91 Å². The predicted molar refractivity (Wildman–Crippen MR) is 89.9 cm³/mol. The van der Waals surface area contributed by atoms with Crippen molar-refractivity contribution in [3.05, 3.63) is 47.2 Å². The van der Waals surface area contributed by atoms with Crippen LogP contribution >= 0.6 is 0 Å². The van der Waals surface area contributed by atoms with E-state index in [2.05, 4.69) is 10.4 Å². The first-order chi connectivity index (χ1) is 10.9. The second-order valence-electron chi connectivity index (χ2n) is 5.78. The maximum atomic E-state index is 12.1. The molecule has 1 N–H and O–H groups in total. The molecule has 0 saturated heterocycles. The first-order valence-corrected chi connectivity index (χ1v) is 7.56. The molecule has 1 amide bonds. The molecule has 1 atom stereocenters. The summed E-state index contributed by atoms with van der Waals surface area (Å²) >= 11 is 0. The lowest BCUT2D eigenvalue weighted by Crippen LogP contribution is -2.33. The number of carbonyl (C=O) groups excluding carboxylic acids is 1. The zero-order valence-corrected chi connectivity index (χ0v) is 14.3. The Bertz CT molecular complexity index is 684. The van der Waals surface area contributed by atoms with E-state index in [9.17, 15) is 4.79 Å². The Labute approximate surface area is 136 Å². The Balaban J connectivity index is 1.98. The van der Waals surface area contributed by atoms with Crippen molar-refractivity contribution in [2.45, 2.75) is 19.9 Å². The van der Waals surface area contributed by atoms with Crippen molar-refractivity contribution in [3.63, 3.8) is 0 Å². The van der Waals surface area contributed by atoms with Crippen LogP contribution in [0.3, 0.4) is 0 Å². The number of hydrogen-bond acceptors (Lipinski definition) is 4. The van der Waals surface area contributed by atoms with Crippen LogP contribution < -0.4 is 5.32 Å². The standard InChI is InChI=1S/C17H24N4O2/c1-12-14(13(2)21(5)19-12)8-9-17(22)18-11-15(20(3)4)16-7-6-10-23-16/h6-10,15H,11H2,1-5H3,(H,18,22). The van der Waals surface area contributed by atoms with Crippen LogP contribution in [0.5, 0.6) is 0 Å². The lowest BCUT2D eigenvalue weighted by molar-refractivity contribution is -0.116. The fourth-order valence-corrected chi connectivity index (χ4v) is 2.46. The molecule has 0 aliphatic carbocycles. The minimum atomic E-state index is -0.133. The Morgan fingerprint density at radius 1 is 1.48 bits per heavy atom. The van der Waals surface area contributed by atoms with Crippen molar-refractivity contribution < 1.29 is 9.21 Å². The van der Waals surface area contributed by atoms with E-state index in [0.717, 1.165) is 22.7 Å². The van der Waals surface area contributed by atoms with Crippen LogP contribution in [0.2, 0.25) is 0 Å².